The molecule has 0 aliphatic heterocycles. The van der Waals surface area contributed by atoms with E-state index in [1.165, 1.54) is 25.3 Å². The molecule has 1 fully saturated rings. The van der Waals surface area contributed by atoms with Crippen LogP contribution in [0.25, 0.3) is 6.08 Å². The van der Waals surface area contributed by atoms with Gasteiger partial charge in [0.05, 0.1) is 7.11 Å². The number of esters is 1. The Morgan fingerprint density at radius 3 is 2.52 bits per heavy atom. The van der Waals surface area contributed by atoms with Crippen molar-refractivity contribution in [2.75, 3.05) is 7.11 Å². The van der Waals surface area contributed by atoms with Crippen LogP contribution < -0.4 is 10.1 Å². The van der Waals surface area contributed by atoms with Crippen molar-refractivity contribution >= 4 is 18.0 Å². The summed E-state index contributed by atoms with van der Waals surface area (Å²) in [5.74, 6) is -0.976. The first-order chi connectivity index (χ1) is 12.0. The molecule has 1 saturated carbocycles. The molecule has 0 saturated heterocycles. The number of ether oxygens (including phenoxy) is 2. The van der Waals surface area contributed by atoms with E-state index in [2.05, 4.69) is 10.1 Å². The number of amides is 1. The third-order valence-electron chi connectivity index (χ3n) is 4.20. The normalized spacial score (nSPS) is 16.6. The van der Waals surface area contributed by atoms with Gasteiger partial charge in [-0.1, -0.05) is 37.5 Å². The Morgan fingerprint density at radius 1 is 1.20 bits per heavy atom. The number of hydrogen-bond acceptors (Lipinski definition) is 4. The van der Waals surface area contributed by atoms with E-state index in [-0.39, 0.29) is 5.75 Å². The number of halogens is 2. The molecule has 0 unspecified atom stereocenters. The second-order valence-electron chi connectivity index (χ2n) is 5.87. The third-order valence-corrected chi connectivity index (χ3v) is 4.20. The summed E-state index contributed by atoms with van der Waals surface area (Å²) < 4.78 is 34.1. The number of carbonyl (C=O) groups excluding carboxylic acids is 2. The van der Waals surface area contributed by atoms with E-state index in [1.807, 2.05) is 0 Å². The molecular formula is C18H21F2NO4. The van der Waals surface area contributed by atoms with Crippen molar-refractivity contribution < 1.29 is 27.8 Å². The highest BCUT2D eigenvalue weighted by atomic mass is 19.3. The summed E-state index contributed by atoms with van der Waals surface area (Å²) in [5.41, 5.74) is -0.679. The Labute approximate surface area is 145 Å². The van der Waals surface area contributed by atoms with E-state index in [0.717, 1.165) is 19.3 Å². The maximum absolute atomic E-state index is 12.4. The van der Waals surface area contributed by atoms with E-state index in [9.17, 15) is 18.4 Å². The topological polar surface area (TPSA) is 64.6 Å². The lowest BCUT2D eigenvalue weighted by Crippen LogP contribution is -2.55. The van der Waals surface area contributed by atoms with Gasteiger partial charge in [0.1, 0.15) is 11.3 Å². The van der Waals surface area contributed by atoms with Crippen LogP contribution in [-0.4, -0.2) is 31.1 Å². The third kappa shape index (κ3) is 5.01. The van der Waals surface area contributed by atoms with Crippen LogP contribution in [-0.2, 0) is 14.3 Å². The zero-order valence-corrected chi connectivity index (χ0v) is 14.0. The molecule has 25 heavy (non-hydrogen) atoms. The number of benzene rings is 1. The van der Waals surface area contributed by atoms with E-state index in [0.29, 0.717) is 18.4 Å². The molecule has 1 aliphatic carbocycles. The standard InChI is InChI=1S/C18H21F2NO4/c1-24-16(23)18(11-5-2-6-12-18)21-15(22)10-9-13-7-3-4-8-14(13)25-17(19)20/h3-4,7-10,17H,2,5-6,11-12H2,1H3,(H,21,22)/b10-9+. The Kier molecular flexibility index (Phi) is 6.50. The molecule has 2 rings (SSSR count). The molecule has 7 heteroatoms. The Balaban J connectivity index is 2.11. The molecule has 1 amide bonds. The van der Waals surface area contributed by atoms with E-state index in [1.54, 1.807) is 18.2 Å². The van der Waals surface area contributed by atoms with Crippen molar-refractivity contribution in [2.24, 2.45) is 0 Å². The fourth-order valence-corrected chi connectivity index (χ4v) is 3.00. The van der Waals surface area contributed by atoms with Gasteiger partial charge in [0.2, 0.25) is 5.91 Å². The maximum Gasteiger partial charge on any atom is 0.387 e. The van der Waals surface area contributed by atoms with Crippen LogP contribution >= 0.6 is 0 Å². The molecule has 5 nitrogen and oxygen atoms in total. The number of para-hydroxylation sites is 1. The van der Waals surface area contributed by atoms with Crippen LogP contribution in [0, 0.1) is 0 Å². The van der Waals surface area contributed by atoms with Crippen LogP contribution in [0.15, 0.2) is 30.3 Å². The summed E-state index contributed by atoms with van der Waals surface area (Å²) in [6.45, 7) is -2.95. The fraction of sp³-hybridized carbons (Fsp3) is 0.444. The highest BCUT2D eigenvalue weighted by molar-refractivity contribution is 5.96. The van der Waals surface area contributed by atoms with Crippen molar-refractivity contribution in [1.29, 1.82) is 0 Å². The minimum Gasteiger partial charge on any atom is -0.467 e. The van der Waals surface area contributed by atoms with Crippen LogP contribution in [0.3, 0.4) is 0 Å². The minimum absolute atomic E-state index is 0.0260. The van der Waals surface area contributed by atoms with Crippen LogP contribution in [0.4, 0.5) is 8.78 Å². The molecule has 0 atom stereocenters. The highest BCUT2D eigenvalue weighted by Crippen LogP contribution is 2.29. The summed E-state index contributed by atoms with van der Waals surface area (Å²) in [5, 5.41) is 2.72. The van der Waals surface area contributed by atoms with Crippen molar-refractivity contribution in [3.63, 3.8) is 0 Å². The van der Waals surface area contributed by atoms with Gasteiger partial charge in [0.15, 0.2) is 0 Å². The first kappa shape index (κ1) is 18.9. The Bertz CT molecular complexity index is 640. The molecule has 1 aromatic rings. The van der Waals surface area contributed by atoms with Crippen LogP contribution in [0.1, 0.15) is 37.7 Å². The molecular weight excluding hydrogens is 332 g/mol. The van der Waals surface area contributed by atoms with Gasteiger partial charge in [-0.25, -0.2) is 4.79 Å². The van der Waals surface area contributed by atoms with Crippen LogP contribution in [0.2, 0.25) is 0 Å². The predicted octanol–water partition coefficient (Wildman–Crippen LogP) is 3.29. The number of carbonyl (C=O) groups is 2. The van der Waals surface area contributed by atoms with Gasteiger partial charge < -0.3 is 14.8 Å². The van der Waals surface area contributed by atoms with Crippen LogP contribution in [0.5, 0.6) is 5.75 Å². The molecule has 0 radical (unpaired) electrons. The average molecular weight is 353 g/mol. The Hall–Kier alpha value is -2.44. The van der Waals surface area contributed by atoms with Crippen molar-refractivity contribution in [2.45, 2.75) is 44.3 Å². The quantitative estimate of drug-likeness (QED) is 0.630. The number of nitrogens with one attached hydrogen (secondary N) is 1. The lowest BCUT2D eigenvalue weighted by atomic mass is 9.81. The fourth-order valence-electron chi connectivity index (χ4n) is 3.00. The van der Waals surface area contributed by atoms with Gasteiger partial charge in [-0.15, -0.1) is 0 Å². The molecule has 1 aliphatic rings. The first-order valence-electron chi connectivity index (χ1n) is 8.09. The molecule has 0 heterocycles. The van der Waals surface area contributed by atoms with Gasteiger partial charge >= 0.3 is 12.6 Å². The monoisotopic (exact) mass is 353 g/mol. The second kappa shape index (κ2) is 8.60. The van der Waals surface area contributed by atoms with E-state index < -0.39 is 24.0 Å². The molecule has 136 valence electrons. The second-order valence-corrected chi connectivity index (χ2v) is 5.87. The van der Waals surface area contributed by atoms with E-state index in [4.69, 9.17) is 4.74 Å². The number of rotatable bonds is 6. The number of hydrogen-bond donors (Lipinski definition) is 1. The SMILES string of the molecule is COC(=O)C1(NC(=O)/C=C/c2ccccc2OC(F)F)CCCCC1. The first-order valence-corrected chi connectivity index (χ1v) is 8.09. The van der Waals surface area contributed by atoms with Crippen molar-refractivity contribution in [3.8, 4) is 5.75 Å². The molecule has 0 spiro atoms. The van der Waals surface area contributed by atoms with Crippen molar-refractivity contribution in [1.82, 2.24) is 5.32 Å². The highest BCUT2D eigenvalue weighted by Gasteiger charge is 2.41. The summed E-state index contributed by atoms with van der Waals surface area (Å²) in [4.78, 5) is 24.4. The summed E-state index contributed by atoms with van der Waals surface area (Å²) >= 11 is 0. The van der Waals surface area contributed by atoms with Gasteiger partial charge in [0.25, 0.3) is 0 Å². The maximum atomic E-state index is 12.4. The van der Waals surface area contributed by atoms with Gasteiger partial charge in [0, 0.05) is 11.6 Å². The lowest BCUT2D eigenvalue weighted by Gasteiger charge is -2.34. The summed E-state index contributed by atoms with van der Waals surface area (Å²) in [6.07, 6.45) is 6.26. The summed E-state index contributed by atoms with van der Waals surface area (Å²) in [6, 6.07) is 6.15. The van der Waals surface area contributed by atoms with Gasteiger partial charge in [-0.2, -0.15) is 8.78 Å². The largest absolute Gasteiger partial charge is 0.467 e. The lowest BCUT2D eigenvalue weighted by molar-refractivity contribution is -0.152. The summed E-state index contributed by atoms with van der Waals surface area (Å²) in [7, 11) is 1.29. The predicted molar refractivity (Wildman–Crippen MR) is 88.1 cm³/mol. The zero-order valence-electron chi connectivity index (χ0n) is 14.0. The van der Waals surface area contributed by atoms with Crippen molar-refractivity contribution in [3.05, 3.63) is 35.9 Å². The molecule has 1 aromatic carbocycles. The molecule has 0 aromatic heterocycles. The molecule has 0 bridgehead atoms. The van der Waals surface area contributed by atoms with Gasteiger partial charge in [-0.3, -0.25) is 4.79 Å². The molecule has 1 N–H and O–H groups in total. The number of alkyl halides is 2. The zero-order chi connectivity index (χ0) is 18.3. The van der Waals surface area contributed by atoms with E-state index >= 15 is 0 Å². The number of methoxy groups -OCH3 is 1. The Morgan fingerprint density at radius 2 is 1.88 bits per heavy atom. The average Bonchev–Trinajstić information content (AvgIpc) is 2.60. The minimum atomic E-state index is -2.95. The smallest absolute Gasteiger partial charge is 0.387 e. The van der Waals surface area contributed by atoms with Gasteiger partial charge in [-0.05, 0) is 25.0 Å².